The number of halogens is 2. The van der Waals surface area contributed by atoms with Gasteiger partial charge >= 0.3 is 0 Å². The van der Waals surface area contributed by atoms with Crippen LogP contribution in [0.25, 0.3) is 11.3 Å². The van der Waals surface area contributed by atoms with Gasteiger partial charge in [-0.1, -0.05) is 17.7 Å². The lowest BCUT2D eigenvalue weighted by Gasteiger charge is -2.17. The molecule has 152 valence electrons. The Morgan fingerprint density at radius 3 is 2.66 bits per heavy atom. The summed E-state index contributed by atoms with van der Waals surface area (Å²) in [7, 11) is 3.28. The zero-order valence-corrected chi connectivity index (χ0v) is 17.4. The molecule has 0 bridgehead atoms. The van der Waals surface area contributed by atoms with Crippen molar-refractivity contribution >= 4 is 17.5 Å². The minimum absolute atomic E-state index is 0.122. The van der Waals surface area contributed by atoms with Crippen LogP contribution in [0.5, 0.6) is 11.5 Å². The summed E-state index contributed by atoms with van der Waals surface area (Å²) in [5.74, 6) is 1.76. The van der Waals surface area contributed by atoms with Crippen LogP contribution in [-0.4, -0.2) is 23.8 Å². The van der Waals surface area contributed by atoms with Crippen molar-refractivity contribution in [3.8, 4) is 22.8 Å². The molecule has 29 heavy (non-hydrogen) atoms. The van der Waals surface area contributed by atoms with Crippen molar-refractivity contribution in [2.75, 3.05) is 19.5 Å². The molecule has 0 spiro atoms. The molecule has 1 unspecified atom stereocenters. The van der Waals surface area contributed by atoms with Crippen LogP contribution in [0, 0.1) is 5.82 Å². The lowest BCUT2D eigenvalue weighted by molar-refractivity contribution is 0.354. The van der Waals surface area contributed by atoms with Gasteiger partial charge in [0.2, 0.25) is 5.95 Å². The first-order valence-electron chi connectivity index (χ1n) is 9.54. The first-order chi connectivity index (χ1) is 14.0. The van der Waals surface area contributed by atoms with E-state index in [1.165, 1.54) is 11.6 Å². The Morgan fingerprint density at radius 1 is 1.17 bits per heavy atom. The van der Waals surface area contributed by atoms with Gasteiger partial charge in [0.1, 0.15) is 5.82 Å². The van der Waals surface area contributed by atoms with Gasteiger partial charge < -0.3 is 19.4 Å². The van der Waals surface area contributed by atoms with Crippen molar-refractivity contribution in [1.82, 2.24) is 9.55 Å². The summed E-state index contributed by atoms with van der Waals surface area (Å²) in [4.78, 5) is 4.60. The molecule has 0 radical (unpaired) electrons. The lowest BCUT2D eigenvalue weighted by Crippen LogP contribution is -2.12. The molecule has 1 aliphatic rings. The fourth-order valence-electron chi connectivity index (χ4n) is 3.78. The van der Waals surface area contributed by atoms with Gasteiger partial charge in [-0.05, 0) is 55.2 Å². The third kappa shape index (κ3) is 3.65. The van der Waals surface area contributed by atoms with Gasteiger partial charge in [0, 0.05) is 12.1 Å². The van der Waals surface area contributed by atoms with Gasteiger partial charge in [0.15, 0.2) is 11.5 Å². The number of nitrogens with one attached hydrogen (secondary N) is 1. The predicted molar refractivity (Wildman–Crippen MR) is 113 cm³/mol. The maximum atomic E-state index is 13.8. The molecule has 0 saturated heterocycles. The average molecular weight is 416 g/mol. The molecule has 5 nitrogen and oxygen atoms in total. The van der Waals surface area contributed by atoms with Crippen LogP contribution in [0.4, 0.5) is 10.3 Å². The van der Waals surface area contributed by atoms with Crippen molar-refractivity contribution < 1.29 is 13.9 Å². The van der Waals surface area contributed by atoms with E-state index in [9.17, 15) is 4.39 Å². The van der Waals surface area contributed by atoms with Crippen LogP contribution >= 0.6 is 11.6 Å². The second kappa shape index (κ2) is 7.95. The van der Waals surface area contributed by atoms with Crippen LogP contribution in [0.1, 0.15) is 30.5 Å². The molecular weight excluding hydrogens is 393 g/mol. The Bertz CT molecular complexity index is 1050. The highest BCUT2D eigenvalue weighted by molar-refractivity contribution is 6.30. The molecular formula is C22H23ClFN3O2. The first kappa shape index (κ1) is 19.6. The molecule has 4 rings (SSSR count). The van der Waals surface area contributed by atoms with Crippen molar-refractivity contribution in [1.29, 1.82) is 0 Å². The van der Waals surface area contributed by atoms with E-state index in [0.29, 0.717) is 5.75 Å². The maximum Gasteiger partial charge on any atom is 0.203 e. The SMILES string of the molecule is COc1cc2c(cc1OC)-c1cnc(NC(C)c3ccc(Cl)c(F)c3)n1CCC2. The monoisotopic (exact) mass is 415 g/mol. The number of aromatic nitrogens is 2. The lowest BCUT2D eigenvalue weighted by atomic mass is 10.0. The van der Waals surface area contributed by atoms with E-state index >= 15 is 0 Å². The highest BCUT2D eigenvalue weighted by Crippen LogP contribution is 2.39. The number of aryl methyl sites for hydroxylation is 1. The molecule has 1 aliphatic heterocycles. The normalized spacial score (nSPS) is 13.8. The van der Waals surface area contributed by atoms with Crippen molar-refractivity contribution in [3.05, 3.63) is 58.5 Å². The quantitative estimate of drug-likeness (QED) is 0.599. The Kier molecular flexibility index (Phi) is 5.37. The summed E-state index contributed by atoms with van der Waals surface area (Å²) in [6.45, 7) is 2.81. The van der Waals surface area contributed by atoms with Gasteiger partial charge in [-0.3, -0.25) is 0 Å². The number of imidazole rings is 1. The van der Waals surface area contributed by atoms with E-state index < -0.39 is 5.82 Å². The Labute approximate surface area is 174 Å². The van der Waals surface area contributed by atoms with E-state index in [1.54, 1.807) is 20.3 Å². The summed E-state index contributed by atoms with van der Waals surface area (Å²) in [5, 5.41) is 3.53. The third-order valence-corrected chi connectivity index (χ3v) is 5.66. The molecule has 0 fully saturated rings. The Morgan fingerprint density at radius 2 is 1.93 bits per heavy atom. The highest BCUT2D eigenvalue weighted by Gasteiger charge is 2.22. The molecule has 7 heteroatoms. The summed E-state index contributed by atoms with van der Waals surface area (Å²) >= 11 is 5.80. The first-order valence-corrected chi connectivity index (χ1v) is 9.92. The molecule has 1 aromatic heterocycles. The standard InChI is InChI=1S/C22H23ClFN3O2/c1-13(14-6-7-17(23)18(24)9-14)26-22-25-12-19-16-11-21(29-3)20(28-2)10-15(16)5-4-8-27(19)22/h6-7,9-13H,4-5,8H2,1-3H3,(H,25,26). The number of methoxy groups -OCH3 is 2. The summed E-state index contributed by atoms with van der Waals surface area (Å²) in [6, 6.07) is 8.78. The third-order valence-electron chi connectivity index (χ3n) is 5.36. The number of benzene rings is 2. The van der Waals surface area contributed by atoms with E-state index in [1.807, 2.05) is 31.3 Å². The molecule has 0 saturated carbocycles. The van der Waals surface area contributed by atoms with Crippen molar-refractivity contribution in [2.24, 2.45) is 0 Å². The van der Waals surface area contributed by atoms with Gasteiger partial charge in [-0.15, -0.1) is 0 Å². The fourth-order valence-corrected chi connectivity index (χ4v) is 3.90. The van der Waals surface area contributed by atoms with Gasteiger partial charge in [-0.25, -0.2) is 9.37 Å². The zero-order valence-electron chi connectivity index (χ0n) is 16.6. The topological polar surface area (TPSA) is 48.3 Å². The number of rotatable bonds is 5. The molecule has 1 atom stereocenters. The van der Waals surface area contributed by atoms with Crippen molar-refractivity contribution in [2.45, 2.75) is 32.4 Å². The fraction of sp³-hybridized carbons (Fsp3) is 0.318. The number of hydrogen-bond donors (Lipinski definition) is 1. The van der Waals surface area contributed by atoms with Crippen LogP contribution < -0.4 is 14.8 Å². The summed E-state index contributed by atoms with van der Waals surface area (Å²) < 4.78 is 27.0. The predicted octanol–water partition coefficient (Wildman–Crippen LogP) is 5.48. The molecule has 2 heterocycles. The minimum atomic E-state index is -0.422. The number of anilines is 1. The maximum absolute atomic E-state index is 13.8. The Hall–Kier alpha value is -2.73. The molecule has 2 aromatic carbocycles. The molecule has 3 aromatic rings. The van der Waals surface area contributed by atoms with Crippen LogP contribution in [0.2, 0.25) is 5.02 Å². The van der Waals surface area contributed by atoms with E-state index in [4.69, 9.17) is 21.1 Å². The minimum Gasteiger partial charge on any atom is -0.493 e. The number of fused-ring (bicyclic) bond motifs is 3. The van der Waals surface area contributed by atoms with Gasteiger partial charge in [0.05, 0.1) is 37.2 Å². The van der Waals surface area contributed by atoms with E-state index in [-0.39, 0.29) is 11.1 Å². The largest absolute Gasteiger partial charge is 0.493 e. The average Bonchev–Trinajstić information content (AvgIpc) is 3.02. The summed E-state index contributed by atoms with van der Waals surface area (Å²) in [6.07, 6.45) is 3.78. The van der Waals surface area contributed by atoms with Crippen LogP contribution in [0.15, 0.2) is 36.5 Å². The van der Waals surface area contributed by atoms with Gasteiger partial charge in [-0.2, -0.15) is 0 Å². The number of nitrogens with zero attached hydrogens (tertiary/aromatic N) is 2. The zero-order chi connectivity index (χ0) is 20.5. The number of ether oxygens (including phenoxy) is 2. The van der Waals surface area contributed by atoms with Crippen LogP contribution in [0.3, 0.4) is 0 Å². The van der Waals surface area contributed by atoms with Gasteiger partial charge in [0.25, 0.3) is 0 Å². The molecule has 0 aliphatic carbocycles. The van der Waals surface area contributed by atoms with E-state index in [0.717, 1.165) is 47.9 Å². The smallest absolute Gasteiger partial charge is 0.203 e. The molecule has 1 N–H and O–H groups in total. The molecule has 0 amide bonds. The second-order valence-electron chi connectivity index (χ2n) is 7.13. The second-order valence-corrected chi connectivity index (χ2v) is 7.53. The van der Waals surface area contributed by atoms with E-state index in [2.05, 4.69) is 14.9 Å². The number of hydrogen-bond acceptors (Lipinski definition) is 4. The highest BCUT2D eigenvalue weighted by atomic mass is 35.5. The summed E-state index contributed by atoms with van der Waals surface area (Å²) in [5.41, 5.74) is 4.13. The van der Waals surface area contributed by atoms with Crippen LogP contribution in [-0.2, 0) is 13.0 Å². The Balaban J connectivity index is 1.68. The van der Waals surface area contributed by atoms with Crippen molar-refractivity contribution in [3.63, 3.8) is 0 Å².